The summed E-state index contributed by atoms with van der Waals surface area (Å²) in [7, 11) is 1.66. The van der Waals surface area contributed by atoms with E-state index in [2.05, 4.69) is 53.1 Å². The third-order valence-electron chi connectivity index (χ3n) is 6.50. The zero-order valence-electron chi connectivity index (χ0n) is 18.4. The Hall–Kier alpha value is -3.21. The summed E-state index contributed by atoms with van der Waals surface area (Å²) in [4.78, 5) is 9.46. The summed E-state index contributed by atoms with van der Waals surface area (Å²) < 4.78 is 7.41. The first-order valence-corrected chi connectivity index (χ1v) is 11.0. The Kier molecular flexibility index (Phi) is 4.97. The smallest absolute Gasteiger partial charge is 0.137 e. The van der Waals surface area contributed by atoms with E-state index in [9.17, 15) is 0 Å². The van der Waals surface area contributed by atoms with Crippen molar-refractivity contribution in [2.75, 3.05) is 7.11 Å². The van der Waals surface area contributed by atoms with E-state index in [1.807, 2.05) is 19.2 Å². The number of aromatic nitrogens is 4. The topological polar surface area (TPSA) is 52.8 Å². The molecule has 5 nitrogen and oxygen atoms in total. The highest BCUT2D eigenvalue weighted by Crippen LogP contribution is 2.39. The molecule has 1 aliphatic rings. The van der Waals surface area contributed by atoms with Crippen LogP contribution in [0.5, 0.6) is 5.75 Å². The Balaban J connectivity index is 1.53. The maximum atomic E-state index is 5.30. The highest BCUT2D eigenvalue weighted by molar-refractivity contribution is 5.88. The number of pyridine rings is 2. The first-order valence-electron chi connectivity index (χ1n) is 11.0. The number of hydrogen-bond donors (Lipinski definition) is 0. The van der Waals surface area contributed by atoms with Crippen LogP contribution in [0.15, 0.2) is 55.0 Å². The maximum absolute atomic E-state index is 5.30. The van der Waals surface area contributed by atoms with E-state index >= 15 is 0 Å². The molecule has 31 heavy (non-hydrogen) atoms. The third-order valence-corrected chi connectivity index (χ3v) is 6.50. The van der Waals surface area contributed by atoms with Gasteiger partial charge in [-0.25, -0.2) is 0 Å². The predicted octanol–water partition coefficient (Wildman–Crippen LogP) is 6.06. The van der Waals surface area contributed by atoms with E-state index in [1.165, 1.54) is 25.7 Å². The molecule has 5 heteroatoms. The lowest BCUT2D eigenvalue weighted by molar-refractivity contribution is 0.268. The van der Waals surface area contributed by atoms with Gasteiger partial charge in [0, 0.05) is 40.5 Å². The number of hydrogen-bond acceptors (Lipinski definition) is 4. The van der Waals surface area contributed by atoms with Crippen molar-refractivity contribution < 1.29 is 4.74 Å². The van der Waals surface area contributed by atoms with Crippen molar-refractivity contribution in [1.82, 2.24) is 19.7 Å². The lowest BCUT2D eigenvalue weighted by Gasteiger charge is -2.22. The molecule has 0 spiro atoms. The Morgan fingerprint density at radius 3 is 2.68 bits per heavy atom. The van der Waals surface area contributed by atoms with E-state index in [0.29, 0.717) is 5.41 Å². The molecule has 4 aromatic rings. The van der Waals surface area contributed by atoms with Gasteiger partial charge in [-0.3, -0.25) is 14.6 Å². The molecule has 3 aromatic heterocycles. The van der Waals surface area contributed by atoms with Crippen molar-refractivity contribution >= 4 is 10.9 Å². The molecular formula is C26H28N4O. The largest absolute Gasteiger partial charge is 0.495 e. The van der Waals surface area contributed by atoms with Crippen molar-refractivity contribution in [2.45, 2.75) is 46.1 Å². The lowest BCUT2D eigenvalue weighted by Crippen LogP contribution is -2.19. The van der Waals surface area contributed by atoms with Crippen LogP contribution in [-0.4, -0.2) is 26.9 Å². The highest BCUT2D eigenvalue weighted by Gasteiger charge is 2.29. The van der Waals surface area contributed by atoms with Gasteiger partial charge in [0.15, 0.2) is 0 Å². The molecule has 5 rings (SSSR count). The molecule has 0 saturated heterocycles. The normalized spacial score (nSPS) is 15.5. The number of methoxy groups -OCH3 is 1. The highest BCUT2D eigenvalue weighted by atomic mass is 16.5. The van der Waals surface area contributed by atoms with Gasteiger partial charge < -0.3 is 4.74 Å². The summed E-state index contributed by atoms with van der Waals surface area (Å²) in [6.45, 7) is 5.39. The van der Waals surface area contributed by atoms with Crippen LogP contribution in [0.4, 0.5) is 0 Å². The predicted molar refractivity (Wildman–Crippen MR) is 124 cm³/mol. The number of rotatable bonds is 5. The Labute approximate surface area is 183 Å². The summed E-state index contributed by atoms with van der Waals surface area (Å²) >= 11 is 0. The molecule has 158 valence electrons. The van der Waals surface area contributed by atoms with E-state index in [-0.39, 0.29) is 0 Å². The van der Waals surface area contributed by atoms with Crippen molar-refractivity contribution in [2.24, 2.45) is 5.41 Å². The van der Waals surface area contributed by atoms with E-state index in [1.54, 1.807) is 13.3 Å². The second kappa shape index (κ2) is 7.80. The van der Waals surface area contributed by atoms with Crippen molar-refractivity contribution in [3.8, 4) is 28.1 Å². The summed E-state index contributed by atoms with van der Waals surface area (Å²) in [6.07, 6.45) is 11.1. The van der Waals surface area contributed by atoms with Crippen LogP contribution in [0.3, 0.4) is 0 Å². The van der Waals surface area contributed by atoms with Crippen LogP contribution in [0.1, 0.15) is 38.3 Å². The van der Waals surface area contributed by atoms with Gasteiger partial charge in [-0.05, 0) is 43.4 Å². The minimum absolute atomic E-state index is 0.364. The number of ether oxygens (including phenoxy) is 1. The van der Waals surface area contributed by atoms with Crippen molar-refractivity contribution in [3.63, 3.8) is 0 Å². The van der Waals surface area contributed by atoms with Crippen molar-refractivity contribution in [3.05, 3.63) is 60.7 Å². The Bertz CT molecular complexity index is 1240. The van der Waals surface area contributed by atoms with Gasteiger partial charge in [-0.2, -0.15) is 5.10 Å². The molecule has 1 aromatic carbocycles. The Morgan fingerprint density at radius 1 is 1.03 bits per heavy atom. The summed E-state index contributed by atoms with van der Waals surface area (Å²) in [6, 6.07) is 12.5. The Morgan fingerprint density at radius 2 is 1.87 bits per heavy atom. The monoisotopic (exact) mass is 412 g/mol. The molecule has 3 heterocycles. The van der Waals surface area contributed by atoms with Crippen LogP contribution in [0, 0.1) is 12.3 Å². The molecule has 0 bridgehead atoms. The van der Waals surface area contributed by atoms with Crippen LogP contribution < -0.4 is 4.74 Å². The molecule has 0 aliphatic heterocycles. The average molecular weight is 413 g/mol. The van der Waals surface area contributed by atoms with E-state index in [4.69, 9.17) is 14.8 Å². The van der Waals surface area contributed by atoms with Gasteiger partial charge in [-0.1, -0.05) is 38.0 Å². The minimum atomic E-state index is 0.364. The van der Waals surface area contributed by atoms with Gasteiger partial charge in [-0.15, -0.1) is 0 Å². The summed E-state index contributed by atoms with van der Waals surface area (Å²) in [5, 5.41) is 5.74. The van der Waals surface area contributed by atoms with Gasteiger partial charge in [0.25, 0.3) is 0 Å². The number of fused-ring (bicyclic) bond motifs is 1. The second-order valence-corrected chi connectivity index (χ2v) is 9.08. The molecule has 1 fully saturated rings. The minimum Gasteiger partial charge on any atom is -0.495 e. The first kappa shape index (κ1) is 19.7. The fraction of sp³-hybridized carbons (Fsp3) is 0.346. The van der Waals surface area contributed by atoms with Crippen LogP contribution in [-0.2, 0) is 6.54 Å². The molecule has 0 radical (unpaired) electrons. The standard InChI is InChI=1S/C26H28N4O/c1-18-6-9-23(21-14-28-30(16-21)17-26(2)10-4-5-11-26)25(29-18)20-8-7-19-12-22(31-3)15-27-24(19)13-20/h6-9,12-16H,4-5,10-11,17H2,1-3H3. The van der Waals surface area contributed by atoms with Gasteiger partial charge >= 0.3 is 0 Å². The van der Waals surface area contributed by atoms with Gasteiger partial charge in [0.1, 0.15) is 5.75 Å². The fourth-order valence-corrected chi connectivity index (χ4v) is 4.74. The maximum Gasteiger partial charge on any atom is 0.137 e. The van der Waals surface area contributed by atoms with Crippen LogP contribution in [0.2, 0.25) is 0 Å². The fourth-order valence-electron chi connectivity index (χ4n) is 4.74. The quantitative estimate of drug-likeness (QED) is 0.400. The van der Waals surface area contributed by atoms with Gasteiger partial charge in [0.2, 0.25) is 0 Å². The molecule has 0 amide bonds. The second-order valence-electron chi connectivity index (χ2n) is 9.08. The molecule has 0 unspecified atom stereocenters. The average Bonchev–Trinajstić information content (AvgIpc) is 3.42. The number of nitrogens with zero attached hydrogens (tertiary/aromatic N) is 4. The first-order chi connectivity index (χ1) is 15.0. The summed E-state index contributed by atoms with van der Waals surface area (Å²) in [5.41, 5.74) is 6.51. The number of benzene rings is 1. The zero-order chi connectivity index (χ0) is 21.4. The molecule has 0 N–H and O–H groups in total. The molecule has 1 aliphatic carbocycles. The molecule has 0 atom stereocenters. The van der Waals surface area contributed by atoms with E-state index < -0.39 is 0 Å². The van der Waals surface area contributed by atoms with Crippen LogP contribution in [0.25, 0.3) is 33.3 Å². The molecule has 1 saturated carbocycles. The van der Waals surface area contributed by atoms with Gasteiger partial charge in [0.05, 0.1) is 30.7 Å². The third kappa shape index (κ3) is 3.92. The number of aryl methyl sites for hydroxylation is 1. The summed E-state index contributed by atoms with van der Waals surface area (Å²) in [5.74, 6) is 0.762. The van der Waals surface area contributed by atoms with Crippen LogP contribution >= 0.6 is 0 Å². The van der Waals surface area contributed by atoms with E-state index in [0.717, 1.165) is 51.3 Å². The molecular weight excluding hydrogens is 384 g/mol. The lowest BCUT2D eigenvalue weighted by atomic mass is 9.89. The SMILES string of the molecule is COc1cnc2cc(-c3nc(C)ccc3-c3cnn(CC4(C)CCCC4)c3)ccc2c1. The van der Waals surface area contributed by atoms with Crippen molar-refractivity contribution in [1.29, 1.82) is 0 Å². The zero-order valence-corrected chi connectivity index (χ0v) is 18.4.